The average Bonchev–Trinajstić information content (AvgIpc) is 2.96. The molecule has 2 aromatic carbocycles. The maximum Gasteiger partial charge on any atom is 0.255 e. The van der Waals surface area contributed by atoms with Crippen molar-refractivity contribution in [2.45, 2.75) is 19.4 Å². The lowest BCUT2D eigenvalue weighted by Gasteiger charge is -2.16. The number of carbonyl (C=O) groups is 1. The number of hydrogen-bond acceptors (Lipinski definition) is 4. The van der Waals surface area contributed by atoms with E-state index in [2.05, 4.69) is 12.1 Å². The molecule has 5 heteroatoms. The average molecular weight is 354 g/mol. The molecule has 3 rings (SSSR count). The number of fused-ring (bicyclic) bond motifs is 1. The van der Waals surface area contributed by atoms with E-state index in [0.29, 0.717) is 30.8 Å². The summed E-state index contributed by atoms with van der Waals surface area (Å²) in [6.07, 6.45) is 1.44. The van der Waals surface area contributed by atoms with Crippen molar-refractivity contribution in [1.82, 2.24) is 9.80 Å². The van der Waals surface area contributed by atoms with E-state index in [9.17, 15) is 9.90 Å². The van der Waals surface area contributed by atoms with Crippen LogP contribution in [0.25, 0.3) is 0 Å². The molecule has 0 aromatic heterocycles. The molecular formula is C21H26N2O3. The van der Waals surface area contributed by atoms with Crippen molar-refractivity contribution in [3.8, 4) is 11.5 Å². The normalized spacial score (nSPS) is 13.4. The second-order valence-electron chi connectivity index (χ2n) is 6.95. The molecule has 1 amide bonds. The van der Waals surface area contributed by atoms with E-state index in [-0.39, 0.29) is 11.7 Å². The third kappa shape index (κ3) is 3.68. The van der Waals surface area contributed by atoms with Gasteiger partial charge in [-0.05, 0) is 32.5 Å². The summed E-state index contributed by atoms with van der Waals surface area (Å²) in [6, 6.07) is 11.8. The fourth-order valence-corrected chi connectivity index (χ4v) is 3.43. The summed E-state index contributed by atoms with van der Waals surface area (Å²) >= 11 is 0. The van der Waals surface area contributed by atoms with E-state index < -0.39 is 0 Å². The summed E-state index contributed by atoms with van der Waals surface area (Å²) in [5, 5.41) is 10.4. The second-order valence-corrected chi connectivity index (χ2v) is 6.95. The Hall–Kier alpha value is -2.53. The van der Waals surface area contributed by atoms with Gasteiger partial charge < -0.3 is 19.6 Å². The third-order valence-electron chi connectivity index (χ3n) is 4.87. The Morgan fingerprint density at radius 1 is 1.19 bits per heavy atom. The first kappa shape index (κ1) is 18.3. The number of amides is 1. The maximum absolute atomic E-state index is 13.0. The molecule has 0 bridgehead atoms. The predicted octanol–water partition coefficient (Wildman–Crippen LogP) is 2.70. The molecule has 5 nitrogen and oxygen atoms in total. The standard InChI is InChI=1S/C21H26N2O3/c1-22(2)11-10-16-18(24)13-19(26-3)17-14-23(21(25)20(16)17)12-9-15-7-5-4-6-8-15/h4-8,13,24H,9-12,14H2,1-3H3. The summed E-state index contributed by atoms with van der Waals surface area (Å²) in [5.74, 6) is 0.710. The van der Waals surface area contributed by atoms with E-state index >= 15 is 0 Å². The van der Waals surface area contributed by atoms with Crippen LogP contribution in [-0.4, -0.2) is 55.1 Å². The number of methoxy groups -OCH3 is 1. The van der Waals surface area contributed by atoms with Crippen molar-refractivity contribution in [1.29, 1.82) is 0 Å². The van der Waals surface area contributed by atoms with Crippen LogP contribution in [0.3, 0.4) is 0 Å². The number of benzene rings is 2. The Kier molecular flexibility index (Phi) is 5.47. The first-order valence-electron chi connectivity index (χ1n) is 8.91. The Balaban J connectivity index is 1.85. The Bertz CT molecular complexity index is 788. The highest BCUT2D eigenvalue weighted by atomic mass is 16.5. The van der Waals surface area contributed by atoms with Crippen molar-refractivity contribution < 1.29 is 14.6 Å². The van der Waals surface area contributed by atoms with Crippen molar-refractivity contribution in [3.05, 3.63) is 58.7 Å². The fraction of sp³-hybridized carbons (Fsp3) is 0.381. The monoisotopic (exact) mass is 354 g/mol. The van der Waals surface area contributed by atoms with Gasteiger partial charge in [-0.25, -0.2) is 0 Å². The van der Waals surface area contributed by atoms with Crippen LogP contribution in [0.4, 0.5) is 0 Å². The first-order valence-corrected chi connectivity index (χ1v) is 8.91. The van der Waals surface area contributed by atoms with Gasteiger partial charge in [-0.3, -0.25) is 4.79 Å². The molecule has 0 unspecified atom stereocenters. The fourth-order valence-electron chi connectivity index (χ4n) is 3.43. The minimum Gasteiger partial charge on any atom is -0.508 e. The molecule has 1 heterocycles. The van der Waals surface area contributed by atoms with E-state index in [4.69, 9.17) is 4.74 Å². The van der Waals surface area contributed by atoms with Gasteiger partial charge in [0.15, 0.2) is 0 Å². The number of carbonyl (C=O) groups excluding carboxylic acids is 1. The molecule has 0 saturated carbocycles. The van der Waals surface area contributed by atoms with Crippen molar-refractivity contribution in [3.63, 3.8) is 0 Å². The van der Waals surface area contributed by atoms with Crippen LogP contribution in [0.15, 0.2) is 36.4 Å². The van der Waals surface area contributed by atoms with Crippen LogP contribution in [0.1, 0.15) is 27.0 Å². The number of phenolic OH excluding ortho intramolecular Hbond substituents is 1. The minimum absolute atomic E-state index is 0.0149. The summed E-state index contributed by atoms with van der Waals surface area (Å²) in [7, 11) is 5.54. The predicted molar refractivity (Wildman–Crippen MR) is 102 cm³/mol. The van der Waals surface area contributed by atoms with Gasteiger partial charge >= 0.3 is 0 Å². The Morgan fingerprint density at radius 3 is 2.58 bits per heavy atom. The van der Waals surface area contributed by atoms with Crippen molar-refractivity contribution in [2.24, 2.45) is 0 Å². The molecule has 0 fully saturated rings. The van der Waals surface area contributed by atoms with Gasteiger partial charge in [0.05, 0.1) is 19.2 Å². The maximum atomic E-state index is 13.0. The summed E-state index contributed by atoms with van der Waals surface area (Å²) in [4.78, 5) is 16.9. The summed E-state index contributed by atoms with van der Waals surface area (Å²) in [6.45, 7) is 1.94. The van der Waals surface area contributed by atoms with Crippen LogP contribution in [-0.2, 0) is 19.4 Å². The number of hydrogen-bond donors (Lipinski definition) is 1. The molecule has 0 saturated heterocycles. The number of phenols is 1. The van der Waals surface area contributed by atoms with Crippen LogP contribution >= 0.6 is 0 Å². The van der Waals surface area contributed by atoms with Gasteiger partial charge in [0.25, 0.3) is 5.91 Å². The SMILES string of the molecule is COc1cc(O)c(CCN(C)C)c2c1CN(CCc1ccccc1)C2=O. The van der Waals surface area contributed by atoms with Crippen LogP contribution < -0.4 is 4.74 Å². The molecule has 1 aliphatic heterocycles. The molecule has 0 spiro atoms. The largest absolute Gasteiger partial charge is 0.508 e. The lowest BCUT2D eigenvalue weighted by molar-refractivity contribution is 0.0779. The number of aromatic hydroxyl groups is 1. The quantitative estimate of drug-likeness (QED) is 0.831. The molecule has 1 aliphatic rings. The van der Waals surface area contributed by atoms with Crippen molar-refractivity contribution >= 4 is 5.91 Å². The lowest BCUT2D eigenvalue weighted by atomic mass is 9.98. The van der Waals surface area contributed by atoms with E-state index in [0.717, 1.165) is 24.1 Å². The molecule has 1 N–H and O–H groups in total. The molecule has 0 atom stereocenters. The lowest BCUT2D eigenvalue weighted by Crippen LogP contribution is -2.27. The number of ether oxygens (including phenoxy) is 1. The zero-order valence-corrected chi connectivity index (χ0v) is 15.7. The Morgan fingerprint density at radius 2 is 1.92 bits per heavy atom. The van der Waals surface area contributed by atoms with E-state index in [1.165, 1.54) is 5.56 Å². The Labute approximate surface area is 154 Å². The van der Waals surface area contributed by atoms with Gasteiger partial charge in [-0.2, -0.15) is 0 Å². The van der Waals surface area contributed by atoms with Crippen LogP contribution in [0, 0.1) is 0 Å². The highest BCUT2D eigenvalue weighted by molar-refractivity contribution is 6.01. The van der Waals surface area contributed by atoms with Gasteiger partial charge in [-0.15, -0.1) is 0 Å². The van der Waals surface area contributed by atoms with E-state index in [1.54, 1.807) is 13.2 Å². The van der Waals surface area contributed by atoms with E-state index in [1.807, 2.05) is 42.1 Å². The molecule has 0 aliphatic carbocycles. The molecule has 2 aromatic rings. The summed E-state index contributed by atoms with van der Waals surface area (Å²) in [5.41, 5.74) is 3.44. The van der Waals surface area contributed by atoms with Gasteiger partial charge in [-0.1, -0.05) is 30.3 Å². The molecule has 26 heavy (non-hydrogen) atoms. The van der Waals surface area contributed by atoms with Crippen molar-refractivity contribution in [2.75, 3.05) is 34.3 Å². The van der Waals surface area contributed by atoms with Crippen LogP contribution in [0.2, 0.25) is 0 Å². The van der Waals surface area contributed by atoms with Crippen LogP contribution in [0.5, 0.6) is 11.5 Å². The topological polar surface area (TPSA) is 53.0 Å². The van der Waals surface area contributed by atoms with Gasteiger partial charge in [0, 0.05) is 30.3 Å². The second kappa shape index (κ2) is 7.79. The zero-order chi connectivity index (χ0) is 18.7. The highest BCUT2D eigenvalue weighted by Gasteiger charge is 2.34. The molecule has 0 radical (unpaired) electrons. The zero-order valence-electron chi connectivity index (χ0n) is 15.7. The number of rotatable bonds is 7. The minimum atomic E-state index is -0.0149. The highest BCUT2D eigenvalue weighted by Crippen LogP contribution is 2.39. The number of nitrogens with zero attached hydrogens (tertiary/aromatic N) is 2. The summed E-state index contributed by atoms with van der Waals surface area (Å²) < 4.78 is 5.43. The molecule has 138 valence electrons. The smallest absolute Gasteiger partial charge is 0.255 e. The first-order chi connectivity index (χ1) is 12.5. The van der Waals surface area contributed by atoms with Gasteiger partial charge in [0.1, 0.15) is 11.5 Å². The number of likely N-dealkylation sites (N-methyl/N-ethyl adjacent to an activating group) is 1. The molecular weight excluding hydrogens is 328 g/mol. The van der Waals surface area contributed by atoms with Gasteiger partial charge in [0.2, 0.25) is 0 Å². The third-order valence-corrected chi connectivity index (χ3v) is 4.87.